The third-order valence-electron chi connectivity index (χ3n) is 6.00. The molecule has 0 amide bonds. The molecular formula is C26H32Cl2F5N5OS2. The Morgan fingerprint density at radius 3 is 2.54 bits per heavy atom. The summed E-state index contributed by atoms with van der Waals surface area (Å²) in [4.78, 5) is 7.17. The fraction of sp³-hybridized carbons (Fsp3) is 0.538. The Kier molecular flexibility index (Phi) is 11.5. The second kappa shape index (κ2) is 13.9. The second-order valence-electron chi connectivity index (χ2n) is 10.1. The minimum atomic E-state index is -4.43. The number of hydrogen-bond donors (Lipinski definition) is 2. The molecule has 1 saturated heterocycles. The van der Waals surface area contributed by atoms with Gasteiger partial charge >= 0.3 is 6.18 Å². The number of nitrogens with zero attached hydrogens (tertiary/aromatic N) is 4. The number of hydrogen-bond acceptors (Lipinski definition) is 7. The monoisotopic (exact) mass is 659 g/mol. The van der Waals surface area contributed by atoms with Crippen molar-refractivity contribution in [1.29, 1.82) is 0 Å². The standard InChI is InChI=1S/C26H32Cl2F5N5OS2/c1-5-19(26(31,32)33)37-41(6-2)18-9-8-16(21(27)22(18)28)23-17(13-38-11-7-10-25(29,30)15-38)36-20(40-23)12-34-35-14-24(3,4)39/h6,8-9,12,14,19,37,39H,5,7,10-11,13,15H2,1-4H3/t19-,41?/m0/s1. The van der Waals surface area contributed by atoms with Gasteiger partial charge < -0.3 is 5.11 Å². The number of likely N-dealkylation sites (tertiary alicyclic amines) is 1. The number of aromatic nitrogens is 1. The maximum atomic E-state index is 14.1. The van der Waals surface area contributed by atoms with Crippen molar-refractivity contribution in [3.8, 4) is 10.4 Å². The van der Waals surface area contributed by atoms with E-state index in [4.69, 9.17) is 23.2 Å². The highest BCUT2D eigenvalue weighted by atomic mass is 35.5. The summed E-state index contributed by atoms with van der Waals surface area (Å²) in [5.41, 5.74) is -0.213. The van der Waals surface area contributed by atoms with Crippen LogP contribution >= 0.6 is 45.2 Å². The summed E-state index contributed by atoms with van der Waals surface area (Å²) in [5, 5.41) is 19.7. The Morgan fingerprint density at radius 1 is 1.24 bits per heavy atom. The molecule has 2 atom stereocenters. The van der Waals surface area contributed by atoms with Crippen LogP contribution in [0.25, 0.3) is 10.4 Å². The smallest absolute Gasteiger partial charge is 0.385 e. The lowest BCUT2D eigenvalue weighted by Gasteiger charge is -2.32. The van der Waals surface area contributed by atoms with E-state index in [2.05, 4.69) is 19.9 Å². The Balaban J connectivity index is 2.01. The molecule has 1 fully saturated rings. The van der Waals surface area contributed by atoms with Gasteiger partial charge in [0.2, 0.25) is 0 Å². The minimum Gasteiger partial charge on any atom is -0.385 e. The van der Waals surface area contributed by atoms with Crippen LogP contribution < -0.4 is 4.72 Å². The van der Waals surface area contributed by atoms with Gasteiger partial charge in [0.15, 0.2) is 0 Å². The maximum absolute atomic E-state index is 14.1. The molecule has 0 aliphatic carbocycles. The molecule has 2 N–H and O–H groups in total. The van der Waals surface area contributed by atoms with E-state index in [0.29, 0.717) is 39.0 Å². The van der Waals surface area contributed by atoms with E-state index < -0.39 is 41.0 Å². The number of aliphatic hydroxyl groups is 1. The van der Waals surface area contributed by atoms with Crippen LogP contribution in [-0.2, 0) is 6.54 Å². The van der Waals surface area contributed by atoms with Crippen molar-refractivity contribution in [1.82, 2.24) is 14.6 Å². The first kappa shape index (κ1) is 34.0. The summed E-state index contributed by atoms with van der Waals surface area (Å²) in [6, 6.07) is 1.54. The third-order valence-corrected chi connectivity index (χ3v) is 9.89. The molecule has 0 spiro atoms. The Hall–Kier alpha value is -1.48. The minimum absolute atomic E-state index is 0.0870. The summed E-state index contributed by atoms with van der Waals surface area (Å²) >= 11 is 14.5. The number of thiazole rings is 1. The number of nitrogens with one attached hydrogen (secondary N) is 1. The van der Waals surface area contributed by atoms with Gasteiger partial charge in [0.05, 0.1) is 45.2 Å². The fourth-order valence-electron chi connectivity index (χ4n) is 4.06. The lowest BCUT2D eigenvalue weighted by molar-refractivity contribution is -0.151. The molecule has 1 aromatic carbocycles. The van der Waals surface area contributed by atoms with Crippen molar-refractivity contribution in [2.45, 2.75) is 82.1 Å². The van der Waals surface area contributed by atoms with Crippen LogP contribution in [-0.4, -0.2) is 69.6 Å². The number of benzene rings is 1. The zero-order chi connectivity index (χ0) is 30.6. The molecule has 0 radical (unpaired) electrons. The highest BCUT2D eigenvalue weighted by Gasteiger charge is 2.39. The Morgan fingerprint density at radius 2 is 1.95 bits per heavy atom. The number of alkyl halides is 5. The van der Waals surface area contributed by atoms with Gasteiger partial charge in [-0.05, 0) is 51.6 Å². The van der Waals surface area contributed by atoms with Crippen molar-refractivity contribution < 1.29 is 27.1 Å². The Bertz CT molecular complexity index is 1310. The van der Waals surface area contributed by atoms with Gasteiger partial charge in [0.1, 0.15) is 11.0 Å². The third kappa shape index (κ3) is 9.50. The molecule has 1 unspecified atom stereocenters. The molecule has 3 rings (SSSR count). The van der Waals surface area contributed by atoms with Crippen LogP contribution in [0, 0.1) is 0 Å². The van der Waals surface area contributed by atoms with Crippen molar-refractivity contribution in [3.63, 3.8) is 0 Å². The Labute approximate surface area is 252 Å². The van der Waals surface area contributed by atoms with Gasteiger partial charge in [-0.25, -0.2) is 13.8 Å². The van der Waals surface area contributed by atoms with Gasteiger partial charge in [-0.15, -0.1) is 11.3 Å². The van der Waals surface area contributed by atoms with E-state index in [1.807, 2.05) is 0 Å². The normalized spacial score (nSPS) is 18.5. The van der Waals surface area contributed by atoms with E-state index in [1.54, 1.807) is 29.3 Å². The summed E-state index contributed by atoms with van der Waals surface area (Å²) < 4.78 is 71.2. The quantitative estimate of drug-likeness (QED) is 0.118. The zero-order valence-electron chi connectivity index (χ0n) is 22.9. The van der Waals surface area contributed by atoms with Crippen molar-refractivity contribution in [2.75, 3.05) is 13.1 Å². The second-order valence-corrected chi connectivity index (χ2v) is 13.7. The molecule has 2 aromatic rings. The molecule has 1 aromatic heterocycles. The van der Waals surface area contributed by atoms with Crippen molar-refractivity contribution in [3.05, 3.63) is 32.9 Å². The van der Waals surface area contributed by atoms with Crippen molar-refractivity contribution >= 4 is 63.0 Å². The molecule has 41 heavy (non-hydrogen) atoms. The molecule has 6 nitrogen and oxygen atoms in total. The van der Waals surface area contributed by atoms with Crippen LogP contribution in [0.5, 0.6) is 0 Å². The van der Waals surface area contributed by atoms with Crippen molar-refractivity contribution in [2.24, 2.45) is 10.2 Å². The first-order valence-electron chi connectivity index (χ1n) is 12.8. The van der Waals surface area contributed by atoms with E-state index in [0.717, 1.165) is 0 Å². The largest absolute Gasteiger partial charge is 0.404 e. The summed E-state index contributed by atoms with van der Waals surface area (Å²) in [5.74, 6) is -2.81. The SMILES string of the molecule is C/C=S(/N[C@@H](CC)C(F)(F)F)c1ccc(-c2sc(C=NN=CC(C)(C)O)nc2CN2CCCC(F)(F)C2)c(Cl)c1Cl. The molecule has 1 aliphatic heterocycles. The molecule has 2 heterocycles. The average Bonchev–Trinajstić information content (AvgIpc) is 3.24. The van der Waals surface area contributed by atoms with Crippen LogP contribution in [0.4, 0.5) is 22.0 Å². The van der Waals surface area contributed by atoms with Gasteiger partial charge in [-0.1, -0.05) is 46.9 Å². The van der Waals surface area contributed by atoms with Gasteiger partial charge in [-0.2, -0.15) is 23.4 Å². The first-order valence-corrected chi connectivity index (χ1v) is 15.6. The summed E-state index contributed by atoms with van der Waals surface area (Å²) in [6.45, 7) is 6.35. The van der Waals surface area contributed by atoms with Crippen LogP contribution in [0.2, 0.25) is 10.0 Å². The molecular weight excluding hydrogens is 628 g/mol. The van der Waals surface area contributed by atoms with E-state index >= 15 is 0 Å². The molecule has 0 bridgehead atoms. The maximum Gasteiger partial charge on any atom is 0.404 e. The molecule has 0 saturated carbocycles. The lowest BCUT2D eigenvalue weighted by Crippen LogP contribution is -2.42. The van der Waals surface area contributed by atoms with E-state index in [-0.39, 0.29) is 29.4 Å². The molecule has 15 heteroatoms. The first-order chi connectivity index (χ1) is 19.0. The molecule has 228 valence electrons. The number of piperidine rings is 1. The fourth-order valence-corrected chi connectivity index (χ4v) is 7.46. The van der Waals surface area contributed by atoms with Gasteiger partial charge in [0.25, 0.3) is 5.92 Å². The van der Waals surface area contributed by atoms with E-state index in [9.17, 15) is 27.1 Å². The average molecular weight is 661 g/mol. The predicted octanol–water partition coefficient (Wildman–Crippen LogP) is 7.82. The number of halogens is 7. The van der Waals surface area contributed by atoms with E-state index in [1.165, 1.54) is 44.5 Å². The van der Waals surface area contributed by atoms with Crippen LogP contribution in [0.1, 0.15) is 57.7 Å². The number of rotatable bonds is 10. The molecule has 1 aliphatic rings. The zero-order valence-corrected chi connectivity index (χ0v) is 26.0. The highest BCUT2D eigenvalue weighted by Crippen LogP contribution is 2.44. The van der Waals surface area contributed by atoms with Gasteiger partial charge in [-0.3, -0.25) is 9.62 Å². The highest BCUT2D eigenvalue weighted by molar-refractivity contribution is 8.13. The lowest BCUT2D eigenvalue weighted by atomic mass is 10.1. The summed E-state index contributed by atoms with van der Waals surface area (Å²) in [7, 11) is -1.16. The topological polar surface area (TPSA) is 73.1 Å². The summed E-state index contributed by atoms with van der Waals surface area (Å²) in [6.07, 6.45) is -1.80. The van der Waals surface area contributed by atoms with Crippen LogP contribution in [0.15, 0.2) is 27.2 Å². The van der Waals surface area contributed by atoms with Crippen LogP contribution in [0.3, 0.4) is 0 Å². The van der Waals surface area contributed by atoms with Gasteiger partial charge in [0, 0.05) is 23.4 Å². The predicted molar refractivity (Wildman–Crippen MR) is 160 cm³/mol.